The van der Waals surface area contributed by atoms with Crippen LogP contribution in [0.3, 0.4) is 0 Å². The third-order valence-electron chi connectivity index (χ3n) is 4.15. The average molecular weight is 316 g/mol. The third kappa shape index (κ3) is 4.39. The molecule has 1 fully saturated rings. The molecule has 0 bridgehead atoms. The van der Waals surface area contributed by atoms with Crippen LogP contribution in [0.4, 0.5) is 4.39 Å². The summed E-state index contributed by atoms with van der Waals surface area (Å²) in [6.45, 7) is 0.952. The van der Waals surface area contributed by atoms with E-state index in [0.29, 0.717) is 17.0 Å². The van der Waals surface area contributed by atoms with Crippen LogP contribution in [-0.4, -0.2) is 30.5 Å². The molecule has 1 aliphatic heterocycles. The van der Waals surface area contributed by atoms with Gasteiger partial charge in [-0.1, -0.05) is 17.7 Å². The Hall–Kier alpha value is -0.680. The minimum atomic E-state index is -0.713. The van der Waals surface area contributed by atoms with Gasteiger partial charge in [0.05, 0.1) is 12.2 Å². The molecule has 3 atom stereocenters. The molecule has 0 saturated carbocycles. The van der Waals surface area contributed by atoms with E-state index in [4.69, 9.17) is 22.1 Å². The SMILES string of the molecule is NCC(c1c(F)cccc1Cl)C(O)CCC1CCCCO1. The summed E-state index contributed by atoms with van der Waals surface area (Å²) in [5.74, 6) is -0.895. The molecule has 0 aromatic heterocycles. The van der Waals surface area contributed by atoms with Crippen LogP contribution < -0.4 is 5.73 Å². The average Bonchev–Trinajstić information content (AvgIpc) is 2.50. The zero-order valence-corrected chi connectivity index (χ0v) is 12.9. The smallest absolute Gasteiger partial charge is 0.128 e. The van der Waals surface area contributed by atoms with Crippen LogP contribution in [0.15, 0.2) is 18.2 Å². The highest BCUT2D eigenvalue weighted by Crippen LogP contribution is 2.31. The minimum Gasteiger partial charge on any atom is -0.392 e. The maximum absolute atomic E-state index is 14.0. The molecule has 2 rings (SSSR count). The summed E-state index contributed by atoms with van der Waals surface area (Å²) in [6, 6.07) is 4.53. The van der Waals surface area contributed by atoms with E-state index in [1.165, 1.54) is 12.5 Å². The molecule has 118 valence electrons. The van der Waals surface area contributed by atoms with E-state index in [1.807, 2.05) is 0 Å². The summed E-state index contributed by atoms with van der Waals surface area (Å²) < 4.78 is 19.6. The second-order valence-corrected chi connectivity index (χ2v) is 6.02. The van der Waals surface area contributed by atoms with Crippen molar-refractivity contribution in [3.63, 3.8) is 0 Å². The highest BCUT2D eigenvalue weighted by molar-refractivity contribution is 6.31. The maximum Gasteiger partial charge on any atom is 0.128 e. The Kier molecular flexibility index (Phi) is 6.42. The summed E-state index contributed by atoms with van der Waals surface area (Å²) in [6.07, 6.45) is 4.09. The van der Waals surface area contributed by atoms with Gasteiger partial charge in [0.2, 0.25) is 0 Å². The Morgan fingerprint density at radius 2 is 2.24 bits per heavy atom. The van der Waals surface area contributed by atoms with Gasteiger partial charge in [0.25, 0.3) is 0 Å². The fraction of sp³-hybridized carbons (Fsp3) is 0.625. The van der Waals surface area contributed by atoms with E-state index in [0.717, 1.165) is 25.9 Å². The predicted octanol–water partition coefficient (Wildman–Crippen LogP) is 3.23. The molecule has 3 unspecified atom stereocenters. The normalized spacial score (nSPS) is 22.0. The van der Waals surface area contributed by atoms with Gasteiger partial charge in [0.15, 0.2) is 0 Å². The summed E-state index contributed by atoms with van der Waals surface area (Å²) in [5, 5.41) is 10.7. The van der Waals surface area contributed by atoms with Crippen LogP contribution in [0.25, 0.3) is 0 Å². The molecule has 3 nitrogen and oxygen atoms in total. The number of aliphatic hydroxyl groups is 1. The highest BCUT2D eigenvalue weighted by atomic mass is 35.5. The van der Waals surface area contributed by atoms with Crippen molar-refractivity contribution in [2.24, 2.45) is 5.73 Å². The van der Waals surface area contributed by atoms with Gasteiger partial charge < -0.3 is 15.6 Å². The van der Waals surface area contributed by atoms with Crippen LogP contribution in [-0.2, 0) is 4.74 Å². The molecule has 0 spiro atoms. The Morgan fingerprint density at radius 1 is 1.43 bits per heavy atom. The minimum absolute atomic E-state index is 0.160. The molecular weight excluding hydrogens is 293 g/mol. The molecule has 0 radical (unpaired) electrons. The van der Waals surface area contributed by atoms with Gasteiger partial charge in [0.1, 0.15) is 5.82 Å². The number of hydrogen-bond acceptors (Lipinski definition) is 3. The van der Waals surface area contributed by atoms with Gasteiger partial charge in [0, 0.05) is 29.7 Å². The number of ether oxygens (including phenoxy) is 1. The fourth-order valence-corrected chi connectivity index (χ4v) is 3.23. The Morgan fingerprint density at radius 3 is 2.86 bits per heavy atom. The van der Waals surface area contributed by atoms with Gasteiger partial charge in [-0.3, -0.25) is 0 Å². The Balaban J connectivity index is 1.99. The number of rotatable bonds is 6. The number of hydrogen-bond donors (Lipinski definition) is 2. The summed E-state index contributed by atoms with van der Waals surface area (Å²) >= 11 is 6.06. The molecule has 0 amide bonds. The van der Waals surface area contributed by atoms with Crippen molar-refractivity contribution >= 4 is 11.6 Å². The van der Waals surface area contributed by atoms with Crippen molar-refractivity contribution in [3.05, 3.63) is 34.6 Å². The van der Waals surface area contributed by atoms with Crippen molar-refractivity contribution in [1.29, 1.82) is 0 Å². The molecule has 21 heavy (non-hydrogen) atoms. The molecule has 0 aliphatic carbocycles. The second-order valence-electron chi connectivity index (χ2n) is 5.61. The number of aliphatic hydroxyl groups excluding tert-OH is 1. The van der Waals surface area contributed by atoms with Crippen LogP contribution >= 0.6 is 11.6 Å². The topological polar surface area (TPSA) is 55.5 Å². The van der Waals surface area contributed by atoms with Gasteiger partial charge in [-0.2, -0.15) is 0 Å². The monoisotopic (exact) mass is 315 g/mol. The van der Waals surface area contributed by atoms with Gasteiger partial charge in [-0.25, -0.2) is 4.39 Å². The number of halogens is 2. The van der Waals surface area contributed by atoms with Crippen molar-refractivity contribution < 1.29 is 14.2 Å². The standard InChI is InChI=1S/C16H23ClFNO2/c17-13-5-3-6-14(18)16(13)12(10-19)15(20)8-7-11-4-1-2-9-21-11/h3,5-6,11-12,15,20H,1-2,4,7-10,19H2. The van der Waals surface area contributed by atoms with Crippen molar-refractivity contribution in [2.45, 2.75) is 50.2 Å². The molecule has 5 heteroatoms. The van der Waals surface area contributed by atoms with E-state index in [1.54, 1.807) is 12.1 Å². The zero-order valence-electron chi connectivity index (χ0n) is 12.1. The lowest BCUT2D eigenvalue weighted by Crippen LogP contribution is -2.29. The molecular formula is C16H23ClFNO2. The van der Waals surface area contributed by atoms with Gasteiger partial charge in [-0.15, -0.1) is 0 Å². The first-order valence-corrected chi connectivity index (χ1v) is 7.95. The third-order valence-corrected chi connectivity index (χ3v) is 4.48. The van der Waals surface area contributed by atoms with E-state index in [9.17, 15) is 9.50 Å². The zero-order chi connectivity index (χ0) is 15.2. The predicted molar refractivity (Wildman–Crippen MR) is 82.0 cm³/mol. The molecule has 1 heterocycles. The number of benzene rings is 1. The first kappa shape index (κ1) is 16.7. The first-order chi connectivity index (χ1) is 10.1. The lowest BCUT2D eigenvalue weighted by molar-refractivity contribution is 0.000354. The van der Waals surface area contributed by atoms with Crippen molar-refractivity contribution in [2.75, 3.05) is 13.2 Å². The molecule has 1 aromatic rings. The van der Waals surface area contributed by atoms with E-state index >= 15 is 0 Å². The summed E-state index contributed by atoms with van der Waals surface area (Å²) in [5.41, 5.74) is 6.05. The van der Waals surface area contributed by atoms with E-state index in [-0.39, 0.29) is 12.6 Å². The molecule has 1 aromatic carbocycles. The summed E-state index contributed by atoms with van der Waals surface area (Å²) in [7, 11) is 0. The second kappa shape index (κ2) is 8.08. The Bertz CT molecular complexity index is 432. The van der Waals surface area contributed by atoms with Gasteiger partial charge >= 0.3 is 0 Å². The van der Waals surface area contributed by atoms with Crippen molar-refractivity contribution in [3.8, 4) is 0 Å². The van der Waals surface area contributed by atoms with Crippen LogP contribution in [0.2, 0.25) is 5.02 Å². The quantitative estimate of drug-likeness (QED) is 0.847. The van der Waals surface area contributed by atoms with Gasteiger partial charge in [-0.05, 0) is 44.2 Å². The number of nitrogens with two attached hydrogens (primary N) is 1. The Labute approximate surface area is 130 Å². The van der Waals surface area contributed by atoms with Crippen LogP contribution in [0.5, 0.6) is 0 Å². The lowest BCUT2D eigenvalue weighted by Gasteiger charge is -2.27. The van der Waals surface area contributed by atoms with E-state index in [2.05, 4.69) is 0 Å². The van der Waals surface area contributed by atoms with Crippen LogP contribution in [0, 0.1) is 5.82 Å². The molecule has 1 saturated heterocycles. The fourth-order valence-electron chi connectivity index (χ4n) is 2.93. The van der Waals surface area contributed by atoms with Crippen molar-refractivity contribution in [1.82, 2.24) is 0 Å². The highest BCUT2D eigenvalue weighted by Gasteiger charge is 2.26. The first-order valence-electron chi connectivity index (χ1n) is 7.57. The molecule has 3 N–H and O–H groups in total. The molecule has 1 aliphatic rings. The lowest BCUT2D eigenvalue weighted by atomic mass is 9.89. The van der Waals surface area contributed by atoms with E-state index < -0.39 is 17.8 Å². The maximum atomic E-state index is 14.0. The van der Waals surface area contributed by atoms with Crippen LogP contribution in [0.1, 0.15) is 43.6 Å². The summed E-state index contributed by atoms with van der Waals surface area (Å²) in [4.78, 5) is 0. The largest absolute Gasteiger partial charge is 0.392 e.